The molecule has 2 atom stereocenters. The van der Waals surface area contributed by atoms with Crippen molar-refractivity contribution in [1.82, 2.24) is 19.7 Å². The number of nitrogens with two attached hydrogens (primary N) is 2. The first-order chi connectivity index (χ1) is 14.9. The molecule has 0 spiro atoms. The van der Waals surface area contributed by atoms with Crippen LogP contribution in [0.1, 0.15) is 36.2 Å². The van der Waals surface area contributed by atoms with Gasteiger partial charge in [0.2, 0.25) is 5.95 Å². The van der Waals surface area contributed by atoms with E-state index in [2.05, 4.69) is 25.8 Å². The molecular weight excluding hydrogens is 406 g/mol. The maximum absolute atomic E-state index is 12.9. The van der Waals surface area contributed by atoms with Crippen molar-refractivity contribution >= 4 is 34.3 Å². The first-order valence-corrected chi connectivity index (χ1v) is 10.1. The lowest BCUT2D eigenvalue weighted by Gasteiger charge is -2.29. The van der Waals surface area contributed by atoms with Crippen molar-refractivity contribution in [2.24, 2.45) is 11.5 Å². The largest absolute Gasteiger partial charge is 0.364 e. The lowest BCUT2D eigenvalue weighted by molar-refractivity contribution is 0.0995. The fourth-order valence-corrected chi connectivity index (χ4v) is 3.91. The number of hydrogen-bond acceptors (Lipinski definition) is 7. The molecule has 2 heterocycles. The first kappa shape index (κ1) is 20.9. The van der Waals surface area contributed by atoms with E-state index in [0.29, 0.717) is 16.6 Å². The van der Waals surface area contributed by atoms with Gasteiger partial charge < -0.3 is 26.7 Å². The summed E-state index contributed by atoms with van der Waals surface area (Å²) in [6.07, 6.45) is 3.06. The summed E-state index contributed by atoms with van der Waals surface area (Å²) in [4.78, 5) is 16.3. The van der Waals surface area contributed by atoms with E-state index in [1.165, 1.54) is 4.57 Å². The van der Waals surface area contributed by atoms with E-state index in [1.54, 1.807) is 30.5 Å². The maximum atomic E-state index is 12.9. The molecule has 164 valence electrons. The molecule has 11 heteroatoms. The van der Waals surface area contributed by atoms with Crippen LogP contribution in [0.3, 0.4) is 0 Å². The Kier molecular flexibility index (Phi) is 5.94. The van der Waals surface area contributed by atoms with E-state index in [4.69, 9.17) is 11.5 Å². The summed E-state index contributed by atoms with van der Waals surface area (Å²) in [5.74, 6) is -0.424. The number of rotatable bonds is 7. The van der Waals surface area contributed by atoms with Crippen molar-refractivity contribution in [3.63, 3.8) is 0 Å². The van der Waals surface area contributed by atoms with Gasteiger partial charge in [0.25, 0.3) is 12.3 Å². The smallest absolute Gasteiger partial charge is 0.273 e. The van der Waals surface area contributed by atoms with Gasteiger partial charge in [0.15, 0.2) is 11.5 Å². The van der Waals surface area contributed by atoms with Crippen LogP contribution in [0.15, 0.2) is 30.5 Å². The van der Waals surface area contributed by atoms with Crippen molar-refractivity contribution in [1.29, 1.82) is 0 Å². The molecule has 31 heavy (non-hydrogen) atoms. The second-order valence-corrected chi connectivity index (χ2v) is 7.62. The second kappa shape index (κ2) is 8.80. The molecule has 1 amide bonds. The molecule has 1 saturated carbocycles. The van der Waals surface area contributed by atoms with Crippen LogP contribution in [0.4, 0.5) is 26.2 Å². The van der Waals surface area contributed by atoms with E-state index in [-0.39, 0.29) is 29.5 Å². The molecule has 0 saturated heterocycles. The average Bonchev–Trinajstić information content (AvgIpc) is 3.13. The van der Waals surface area contributed by atoms with Gasteiger partial charge >= 0.3 is 0 Å². The van der Waals surface area contributed by atoms with Crippen LogP contribution < -0.4 is 22.1 Å². The van der Waals surface area contributed by atoms with E-state index in [0.717, 1.165) is 25.7 Å². The van der Waals surface area contributed by atoms with Crippen molar-refractivity contribution < 1.29 is 13.6 Å². The molecule has 1 aliphatic carbocycles. The average molecular weight is 430 g/mol. The molecule has 3 aromatic rings. The maximum Gasteiger partial charge on any atom is 0.273 e. The number of alkyl halides is 2. The number of primary amides is 1. The van der Waals surface area contributed by atoms with Crippen LogP contribution >= 0.6 is 0 Å². The monoisotopic (exact) mass is 430 g/mol. The Bertz CT molecular complexity index is 1090. The Labute approximate surface area is 177 Å². The number of benzene rings is 1. The Balaban J connectivity index is 1.65. The number of carbonyl (C=O) groups is 1. The summed E-state index contributed by atoms with van der Waals surface area (Å²) in [5.41, 5.74) is 12.7. The fourth-order valence-electron chi connectivity index (χ4n) is 3.91. The highest BCUT2D eigenvalue weighted by Crippen LogP contribution is 2.29. The number of nitrogens with zero attached hydrogens (tertiary/aromatic N) is 4. The predicted molar refractivity (Wildman–Crippen MR) is 113 cm³/mol. The molecule has 0 bridgehead atoms. The van der Waals surface area contributed by atoms with Crippen LogP contribution in [0, 0.1) is 0 Å². The zero-order valence-corrected chi connectivity index (χ0v) is 16.8. The molecule has 2 aromatic heterocycles. The third kappa shape index (κ3) is 4.55. The quantitative estimate of drug-likeness (QED) is 0.452. The number of nitrogens with one attached hydrogen (secondary N) is 2. The number of fused-ring (bicyclic) bond motifs is 1. The topological polar surface area (TPSA) is 137 Å². The molecule has 9 nitrogen and oxygen atoms in total. The van der Waals surface area contributed by atoms with Crippen LogP contribution in [0.5, 0.6) is 0 Å². The predicted octanol–water partition coefficient (Wildman–Crippen LogP) is 2.62. The van der Waals surface area contributed by atoms with E-state index in [1.807, 2.05) is 0 Å². The van der Waals surface area contributed by atoms with Gasteiger partial charge in [-0.15, -0.1) is 10.2 Å². The number of anilines is 3. The second-order valence-electron chi connectivity index (χ2n) is 7.62. The summed E-state index contributed by atoms with van der Waals surface area (Å²) in [5, 5.41) is 14.9. The van der Waals surface area contributed by atoms with E-state index < -0.39 is 18.9 Å². The van der Waals surface area contributed by atoms with Crippen LogP contribution in [-0.2, 0) is 6.54 Å². The number of halogens is 2. The van der Waals surface area contributed by atoms with Crippen molar-refractivity contribution in [3.8, 4) is 0 Å². The number of aromatic nitrogens is 4. The summed E-state index contributed by atoms with van der Waals surface area (Å²) < 4.78 is 27.2. The van der Waals surface area contributed by atoms with Gasteiger partial charge in [-0.25, -0.2) is 8.78 Å². The molecule has 1 fully saturated rings. The van der Waals surface area contributed by atoms with E-state index in [9.17, 15) is 13.6 Å². The van der Waals surface area contributed by atoms with Gasteiger partial charge in [-0.3, -0.25) is 4.79 Å². The Morgan fingerprint density at radius 2 is 2.03 bits per heavy atom. The SMILES string of the molecule is NC(=O)c1nnc(N[C@@H]2CCCC[C@@H]2N)nc1Nc1cccc2c1ccn2CC(F)F. The van der Waals surface area contributed by atoms with Crippen molar-refractivity contribution in [3.05, 3.63) is 36.2 Å². The third-order valence-electron chi connectivity index (χ3n) is 5.46. The molecule has 0 unspecified atom stereocenters. The van der Waals surface area contributed by atoms with Crippen LogP contribution in [0.25, 0.3) is 10.9 Å². The minimum atomic E-state index is -2.47. The fraction of sp³-hybridized carbons (Fsp3) is 0.400. The summed E-state index contributed by atoms with van der Waals surface area (Å²) >= 11 is 0. The minimum Gasteiger partial charge on any atom is -0.364 e. The molecule has 1 aliphatic rings. The van der Waals surface area contributed by atoms with Crippen LogP contribution in [-0.4, -0.2) is 44.2 Å². The minimum absolute atomic E-state index is 0.00893. The number of hydrogen-bond donors (Lipinski definition) is 4. The molecule has 4 rings (SSSR count). The normalized spacial score (nSPS) is 19.0. The molecule has 1 aromatic carbocycles. The summed E-state index contributed by atoms with van der Waals surface area (Å²) in [6.45, 7) is -0.412. The Hall–Kier alpha value is -3.34. The summed E-state index contributed by atoms with van der Waals surface area (Å²) in [6, 6.07) is 6.94. The first-order valence-electron chi connectivity index (χ1n) is 10.1. The van der Waals surface area contributed by atoms with E-state index >= 15 is 0 Å². The zero-order valence-electron chi connectivity index (χ0n) is 16.8. The van der Waals surface area contributed by atoms with Gasteiger partial charge in [-0.1, -0.05) is 18.9 Å². The molecular formula is C20H24F2N8O. The van der Waals surface area contributed by atoms with Crippen molar-refractivity contribution in [2.45, 2.75) is 50.7 Å². The van der Waals surface area contributed by atoms with Crippen LogP contribution in [0.2, 0.25) is 0 Å². The number of carbonyl (C=O) groups excluding carboxylic acids is 1. The van der Waals surface area contributed by atoms with Gasteiger partial charge in [-0.05, 0) is 31.0 Å². The highest BCUT2D eigenvalue weighted by molar-refractivity contribution is 5.99. The standard InChI is InChI=1S/C20H24F2N8O/c21-16(22)10-30-9-8-11-13(6-3-7-15(11)30)25-19-17(18(24)31)28-29-20(27-19)26-14-5-2-1-4-12(14)23/h3,6-9,12,14,16H,1-2,4-5,10,23H2,(H2,24,31)(H2,25,26,27,29)/t12-,14+/m0/s1. The highest BCUT2D eigenvalue weighted by Gasteiger charge is 2.24. The molecule has 6 N–H and O–H groups in total. The van der Waals surface area contributed by atoms with Gasteiger partial charge in [0, 0.05) is 29.4 Å². The van der Waals surface area contributed by atoms with Gasteiger partial charge in [-0.2, -0.15) is 4.98 Å². The Morgan fingerprint density at radius 1 is 1.23 bits per heavy atom. The van der Waals surface area contributed by atoms with Crippen molar-refractivity contribution in [2.75, 3.05) is 10.6 Å². The summed E-state index contributed by atoms with van der Waals surface area (Å²) in [7, 11) is 0. The van der Waals surface area contributed by atoms with Gasteiger partial charge in [0.1, 0.15) is 0 Å². The zero-order chi connectivity index (χ0) is 22.0. The molecule has 0 aliphatic heterocycles. The number of amides is 1. The van der Waals surface area contributed by atoms with Gasteiger partial charge in [0.05, 0.1) is 12.1 Å². The third-order valence-corrected chi connectivity index (χ3v) is 5.46. The lowest BCUT2D eigenvalue weighted by atomic mass is 9.91. The highest BCUT2D eigenvalue weighted by atomic mass is 19.3. The lowest BCUT2D eigenvalue weighted by Crippen LogP contribution is -2.43. The molecule has 0 radical (unpaired) electrons. The Morgan fingerprint density at radius 3 is 2.77 bits per heavy atom.